The summed E-state index contributed by atoms with van der Waals surface area (Å²) in [6, 6.07) is 0. The molecule has 1 aromatic rings. The third-order valence-electron chi connectivity index (χ3n) is 2.95. The van der Waals surface area contributed by atoms with Crippen LogP contribution in [-0.4, -0.2) is 16.7 Å². The first-order valence-corrected chi connectivity index (χ1v) is 6.88. The van der Waals surface area contributed by atoms with Crippen molar-refractivity contribution in [2.24, 2.45) is 0 Å². The zero-order chi connectivity index (χ0) is 12.3. The van der Waals surface area contributed by atoms with E-state index < -0.39 is 6.09 Å². The first-order chi connectivity index (χ1) is 8.07. The second kappa shape index (κ2) is 5.23. The van der Waals surface area contributed by atoms with Gasteiger partial charge in [-0.05, 0) is 32.6 Å². The predicted molar refractivity (Wildman–Crippen MR) is 68.7 cm³/mol. The van der Waals surface area contributed by atoms with Gasteiger partial charge in [-0.15, -0.1) is 0 Å². The summed E-state index contributed by atoms with van der Waals surface area (Å²) < 4.78 is 5.88. The van der Waals surface area contributed by atoms with Crippen LogP contribution >= 0.6 is 22.9 Å². The molecule has 0 radical (unpaired) electrons. The van der Waals surface area contributed by atoms with Crippen molar-refractivity contribution in [1.82, 2.24) is 4.98 Å². The van der Waals surface area contributed by atoms with Gasteiger partial charge in [0, 0.05) is 0 Å². The van der Waals surface area contributed by atoms with Crippen LogP contribution in [0.15, 0.2) is 6.20 Å². The highest BCUT2D eigenvalue weighted by molar-refractivity contribution is 7.19. The molecule has 1 aliphatic carbocycles. The third kappa shape index (κ3) is 3.57. The molecule has 0 spiro atoms. The monoisotopic (exact) mass is 274 g/mol. The fraction of sp³-hybridized carbons (Fsp3) is 0.636. The van der Waals surface area contributed by atoms with Gasteiger partial charge < -0.3 is 4.74 Å². The first kappa shape index (κ1) is 12.6. The molecule has 4 nitrogen and oxygen atoms in total. The molecule has 0 aromatic carbocycles. The van der Waals surface area contributed by atoms with Crippen molar-refractivity contribution in [2.45, 2.75) is 44.6 Å². The molecule has 0 atom stereocenters. The number of hydrogen-bond acceptors (Lipinski definition) is 4. The minimum Gasteiger partial charge on any atom is -0.443 e. The van der Waals surface area contributed by atoms with Crippen molar-refractivity contribution in [3.05, 3.63) is 10.7 Å². The number of halogens is 1. The summed E-state index contributed by atoms with van der Waals surface area (Å²) in [7, 11) is 0. The molecule has 1 aromatic heterocycles. The van der Waals surface area contributed by atoms with Crippen LogP contribution in [0.2, 0.25) is 4.47 Å². The van der Waals surface area contributed by atoms with Crippen molar-refractivity contribution in [3.63, 3.8) is 0 Å². The van der Waals surface area contributed by atoms with Crippen molar-refractivity contribution < 1.29 is 9.53 Å². The van der Waals surface area contributed by atoms with Gasteiger partial charge >= 0.3 is 6.09 Å². The lowest BCUT2D eigenvalue weighted by atomic mass is 9.86. The van der Waals surface area contributed by atoms with E-state index in [9.17, 15) is 4.79 Å². The molecule has 1 N–H and O–H groups in total. The van der Waals surface area contributed by atoms with E-state index in [2.05, 4.69) is 10.3 Å². The summed E-state index contributed by atoms with van der Waals surface area (Å²) in [5.41, 5.74) is -0.323. The number of carbonyl (C=O) groups excluding carboxylic acids is 1. The molecule has 2 rings (SSSR count). The van der Waals surface area contributed by atoms with Crippen LogP contribution in [0.5, 0.6) is 0 Å². The number of anilines is 1. The molecule has 1 heterocycles. The number of thiazole rings is 1. The lowest BCUT2D eigenvalue weighted by molar-refractivity contribution is 0.00567. The van der Waals surface area contributed by atoms with Crippen molar-refractivity contribution in [1.29, 1.82) is 0 Å². The highest BCUT2D eigenvalue weighted by atomic mass is 35.5. The van der Waals surface area contributed by atoms with Crippen LogP contribution in [0.25, 0.3) is 0 Å². The van der Waals surface area contributed by atoms with E-state index in [0.717, 1.165) is 25.7 Å². The second-order valence-electron chi connectivity index (χ2n) is 4.50. The molecule has 1 saturated carbocycles. The Morgan fingerprint density at radius 3 is 2.82 bits per heavy atom. The van der Waals surface area contributed by atoms with Gasteiger partial charge in [0.1, 0.15) is 10.6 Å². The van der Waals surface area contributed by atoms with Gasteiger partial charge in [0.25, 0.3) is 0 Å². The average Bonchev–Trinajstić information content (AvgIpc) is 2.63. The van der Waals surface area contributed by atoms with Gasteiger partial charge in [-0.25, -0.2) is 9.78 Å². The predicted octanol–water partition coefficient (Wildman–Crippen LogP) is 4.07. The van der Waals surface area contributed by atoms with Crippen molar-refractivity contribution in [2.75, 3.05) is 5.32 Å². The molecule has 0 saturated heterocycles. The van der Waals surface area contributed by atoms with Crippen LogP contribution in [-0.2, 0) is 4.74 Å². The fourth-order valence-electron chi connectivity index (χ4n) is 2.06. The van der Waals surface area contributed by atoms with E-state index in [-0.39, 0.29) is 5.60 Å². The Balaban J connectivity index is 1.88. The summed E-state index contributed by atoms with van der Waals surface area (Å²) in [6.07, 6.45) is 6.44. The fourth-order valence-corrected chi connectivity index (χ4v) is 2.89. The SMILES string of the molecule is CC1(OC(=O)Nc2cnc(Cl)s2)CCCCC1. The molecule has 94 valence electrons. The number of nitrogens with one attached hydrogen (secondary N) is 1. The van der Waals surface area contributed by atoms with Crippen LogP contribution in [0, 0.1) is 0 Å². The molecule has 0 aliphatic heterocycles. The van der Waals surface area contributed by atoms with Gasteiger partial charge in [0.2, 0.25) is 0 Å². The van der Waals surface area contributed by atoms with E-state index >= 15 is 0 Å². The zero-order valence-corrected chi connectivity index (χ0v) is 11.2. The minimum absolute atomic E-state index is 0.323. The Hall–Kier alpha value is -0.810. The quantitative estimate of drug-likeness (QED) is 0.884. The maximum atomic E-state index is 11.7. The Kier molecular flexibility index (Phi) is 3.89. The number of ether oxygens (including phenoxy) is 1. The Morgan fingerprint density at radius 2 is 2.24 bits per heavy atom. The van der Waals surface area contributed by atoms with E-state index in [1.54, 1.807) is 0 Å². The Bertz CT molecular complexity index is 402. The summed E-state index contributed by atoms with van der Waals surface area (Å²) in [6.45, 7) is 1.99. The number of carbonyl (C=O) groups is 1. The van der Waals surface area contributed by atoms with Crippen LogP contribution < -0.4 is 5.32 Å². The van der Waals surface area contributed by atoms with Gasteiger partial charge in [0.05, 0.1) is 6.20 Å². The van der Waals surface area contributed by atoms with Gasteiger partial charge in [-0.1, -0.05) is 29.4 Å². The molecule has 6 heteroatoms. The smallest absolute Gasteiger partial charge is 0.412 e. The summed E-state index contributed by atoms with van der Waals surface area (Å²) in [5, 5.41) is 3.26. The molecule has 1 aliphatic rings. The zero-order valence-electron chi connectivity index (χ0n) is 9.66. The molecule has 17 heavy (non-hydrogen) atoms. The Labute approximate surface area is 109 Å². The van der Waals surface area contributed by atoms with Gasteiger partial charge in [-0.2, -0.15) is 0 Å². The average molecular weight is 275 g/mol. The first-order valence-electron chi connectivity index (χ1n) is 5.69. The number of rotatable bonds is 2. The topological polar surface area (TPSA) is 51.2 Å². The van der Waals surface area contributed by atoms with Crippen LogP contribution in [0.4, 0.5) is 9.80 Å². The summed E-state index contributed by atoms with van der Waals surface area (Å²) in [4.78, 5) is 15.5. The largest absolute Gasteiger partial charge is 0.443 e. The molecular formula is C11H15ClN2O2S. The van der Waals surface area contributed by atoms with Gasteiger partial charge in [0.15, 0.2) is 4.47 Å². The lowest BCUT2D eigenvalue weighted by Gasteiger charge is -2.32. The maximum Gasteiger partial charge on any atom is 0.412 e. The van der Waals surface area contributed by atoms with E-state index in [1.807, 2.05) is 6.92 Å². The molecule has 1 amide bonds. The van der Waals surface area contributed by atoms with E-state index in [1.165, 1.54) is 24.0 Å². The van der Waals surface area contributed by atoms with E-state index in [0.29, 0.717) is 9.47 Å². The van der Waals surface area contributed by atoms with Crippen LogP contribution in [0.3, 0.4) is 0 Å². The number of hydrogen-bond donors (Lipinski definition) is 1. The van der Waals surface area contributed by atoms with Crippen molar-refractivity contribution in [3.8, 4) is 0 Å². The standard InChI is InChI=1S/C11H15ClN2O2S/c1-11(5-3-2-4-6-11)16-10(15)14-8-7-13-9(12)17-8/h7H,2-6H2,1H3,(H,14,15). The third-order valence-corrected chi connectivity index (χ3v) is 3.98. The molecule has 0 unspecified atom stereocenters. The minimum atomic E-state index is -0.422. The molecular weight excluding hydrogens is 260 g/mol. The van der Waals surface area contributed by atoms with E-state index in [4.69, 9.17) is 16.3 Å². The normalized spacial score (nSPS) is 18.7. The number of amides is 1. The lowest BCUT2D eigenvalue weighted by Crippen LogP contribution is -2.35. The Morgan fingerprint density at radius 1 is 1.53 bits per heavy atom. The van der Waals surface area contributed by atoms with Gasteiger partial charge in [-0.3, -0.25) is 5.32 Å². The summed E-state index contributed by atoms with van der Waals surface area (Å²) >= 11 is 6.90. The summed E-state index contributed by atoms with van der Waals surface area (Å²) in [5.74, 6) is 0. The van der Waals surface area contributed by atoms with Crippen LogP contribution in [0.1, 0.15) is 39.0 Å². The highest BCUT2D eigenvalue weighted by Crippen LogP contribution is 2.31. The number of aromatic nitrogens is 1. The second-order valence-corrected chi connectivity index (χ2v) is 6.12. The molecule has 0 bridgehead atoms. The number of nitrogens with zero attached hydrogens (tertiary/aromatic N) is 1. The highest BCUT2D eigenvalue weighted by Gasteiger charge is 2.30. The van der Waals surface area contributed by atoms with Crippen molar-refractivity contribution >= 4 is 34.0 Å². The molecule has 1 fully saturated rings. The maximum absolute atomic E-state index is 11.7.